The summed E-state index contributed by atoms with van der Waals surface area (Å²) in [6.07, 6.45) is 5.46. The summed E-state index contributed by atoms with van der Waals surface area (Å²) in [5.41, 5.74) is 15.3. The molecule has 5 rings (SSSR count). The number of rotatable bonds is 22. The number of benzene rings is 3. The van der Waals surface area contributed by atoms with Gasteiger partial charge in [-0.2, -0.15) is 0 Å². The van der Waals surface area contributed by atoms with Crippen molar-refractivity contribution in [3.63, 3.8) is 0 Å². The molecule has 3 aromatic rings. The highest BCUT2D eigenvalue weighted by Gasteiger charge is 2.48. The number of piperidine rings is 1. The number of nitrogens with two attached hydrogens (primary N) is 2. The monoisotopic (exact) mass is 806 g/mol. The van der Waals surface area contributed by atoms with Gasteiger partial charge in [-0.05, 0) is 80.5 Å². The molecule has 3 amide bonds. The second kappa shape index (κ2) is 22.1. The van der Waals surface area contributed by atoms with E-state index in [1.807, 2.05) is 109 Å². The fraction of sp³-hybridized carbons (Fsp3) is 0.531. The molecule has 59 heavy (non-hydrogen) atoms. The zero-order valence-corrected chi connectivity index (χ0v) is 35.5. The highest BCUT2D eigenvalue weighted by atomic mass is 16.2. The van der Waals surface area contributed by atoms with Gasteiger partial charge in [0.1, 0.15) is 0 Å². The van der Waals surface area contributed by atoms with Gasteiger partial charge < -0.3 is 26.6 Å². The third kappa shape index (κ3) is 13.4. The minimum absolute atomic E-state index is 0.0224. The lowest BCUT2D eigenvalue weighted by Gasteiger charge is -2.54. The lowest BCUT2D eigenvalue weighted by atomic mass is 9.71. The first-order chi connectivity index (χ1) is 28.4. The van der Waals surface area contributed by atoms with E-state index in [1.54, 1.807) is 0 Å². The van der Waals surface area contributed by atoms with Gasteiger partial charge >= 0.3 is 0 Å². The molecule has 2 aliphatic heterocycles. The predicted octanol–water partition coefficient (Wildman–Crippen LogP) is 5.94. The molecule has 5 N–H and O–H groups in total. The molecule has 0 saturated carbocycles. The van der Waals surface area contributed by atoms with Crippen LogP contribution in [0.3, 0.4) is 0 Å². The number of unbranched alkanes of at least 4 members (excludes halogenated alkanes) is 1. The van der Waals surface area contributed by atoms with E-state index >= 15 is 0 Å². The van der Waals surface area contributed by atoms with Crippen molar-refractivity contribution in [2.24, 2.45) is 40.6 Å². The zero-order chi connectivity index (χ0) is 42.4. The van der Waals surface area contributed by atoms with Crippen LogP contribution < -0.4 is 16.8 Å². The van der Waals surface area contributed by atoms with Gasteiger partial charge in [0.15, 0.2) is 11.6 Å². The molecule has 0 aromatic heterocycles. The fourth-order valence-corrected chi connectivity index (χ4v) is 8.86. The summed E-state index contributed by atoms with van der Waals surface area (Å²) in [5.74, 6) is -1.81. The standard InChI is InChI=1S/C49H67N5O5/c1-35(2)27-43(52-46(57)41(29-38-17-9-5-10-18-38)32-44(55)42(51)30-39-19-11-6-12-20-39)45(56)31-40(21-13-14-24-50)48(59)53-25-22-49(23-26-53)33-54(34-49)47(58)36(3)28-37-15-7-4-8-16-37/h4-12,15-20,35-36,40-43H,13-14,21-34,50-51H2,1-3H3,(H,52,57)/t36-,40+,41+,42-,43-/m1/s1. The minimum atomic E-state index is -0.800. The number of Topliss-reactive ketones (excluding diaryl/α,β-unsaturated/α-hetero) is 2. The van der Waals surface area contributed by atoms with Crippen LogP contribution in [0.1, 0.15) is 88.8 Å². The summed E-state index contributed by atoms with van der Waals surface area (Å²) < 4.78 is 0. The van der Waals surface area contributed by atoms with Gasteiger partial charge in [0.2, 0.25) is 17.7 Å². The number of nitrogens with one attached hydrogen (secondary N) is 1. The molecule has 0 bridgehead atoms. The van der Waals surface area contributed by atoms with Gasteiger partial charge in [0, 0.05) is 62.2 Å². The SMILES string of the molecule is CC(C)C[C@@H](NC(=O)[C@H](CC(=O)[C@H](N)Cc1ccccc1)Cc1ccccc1)C(=O)C[C@H](CCCCN)C(=O)N1CCC2(CC1)CN(C(=O)[C@H](C)Cc1ccccc1)C2. The van der Waals surface area contributed by atoms with Crippen molar-refractivity contribution in [2.75, 3.05) is 32.7 Å². The van der Waals surface area contributed by atoms with Crippen LogP contribution in [0, 0.1) is 29.1 Å². The van der Waals surface area contributed by atoms with Gasteiger partial charge in [-0.3, -0.25) is 24.0 Å². The predicted molar refractivity (Wildman–Crippen MR) is 233 cm³/mol. The Hall–Kier alpha value is -4.67. The van der Waals surface area contributed by atoms with Crippen LogP contribution >= 0.6 is 0 Å². The van der Waals surface area contributed by atoms with E-state index in [0.717, 1.165) is 61.9 Å². The second-order valence-corrected chi connectivity index (χ2v) is 17.8. The molecular formula is C49H67N5O5. The Labute approximate surface area is 351 Å². The van der Waals surface area contributed by atoms with Gasteiger partial charge in [0.25, 0.3) is 0 Å². The molecular weight excluding hydrogens is 739 g/mol. The Morgan fingerprint density at radius 3 is 1.73 bits per heavy atom. The summed E-state index contributed by atoms with van der Waals surface area (Å²) in [4.78, 5) is 73.3. The molecule has 2 heterocycles. The van der Waals surface area contributed by atoms with E-state index < -0.39 is 23.9 Å². The minimum Gasteiger partial charge on any atom is -0.346 e. The Kier molecular flexibility index (Phi) is 17.0. The van der Waals surface area contributed by atoms with E-state index in [9.17, 15) is 24.0 Å². The number of ketones is 2. The zero-order valence-electron chi connectivity index (χ0n) is 35.5. The van der Waals surface area contributed by atoms with Crippen LogP contribution in [0.25, 0.3) is 0 Å². The number of likely N-dealkylation sites (tertiary alicyclic amines) is 2. The molecule has 2 saturated heterocycles. The van der Waals surface area contributed by atoms with Crippen LogP contribution in [-0.4, -0.2) is 83.9 Å². The van der Waals surface area contributed by atoms with Crippen LogP contribution in [0.2, 0.25) is 0 Å². The van der Waals surface area contributed by atoms with Gasteiger partial charge in [-0.25, -0.2) is 0 Å². The summed E-state index contributed by atoms with van der Waals surface area (Å²) in [7, 11) is 0. The maximum Gasteiger partial charge on any atom is 0.226 e. The summed E-state index contributed by atoms with van der Waals surface area (Å²) in [6.45, 7) is 9.14. The third-order valence-electron chi connectivity index (χ3n) is 12.4. The van der Waals surface area contributed by atoms with Crippen LogP contribution in [-0.2, 0) is 43.2 Å². The Bertz CT molecular complexity index is 1800. The molecule has 3 aromatic carbocycles. The fourth-order valence-electron chi connectivity index (χ4n) is 8.86. The van der Waals surface area contributed by atoms with Crippen molar-refractivity contribution in [1.82, 2.24) is 15.1 Å². The molecule has 0 unspecified atom stereocenters. The molecule has 10 heteroatoms. The summed E-state index contributed by atoms with van der Waals surface area (Å²) in [6, 6.07) is 27.7. The Balaban J connectivity index is 1.20. The van der Waals surface area contributed by atoms with Crippen molar-refractivity contribution in [3.8, 4) is 0 Å². The first-order valence-electron chi connectivity index (χ1n) is 21.9. The number of hydrogen-bond donors (Lipinski definition) is 3. The lowest BCUT2D eigenvalue weighted by Crippen LogP contribution is -2.63. The van der Waals surface area contributed by atoms with Crippen molar-refractivity contribution < 1.29 is 24.0 Å². The lowest BCUT2D eigenvalue weighted by molar-refractivity contribution is -0.154. The molecule has 2 fully saturated rings. The van der Waals surface area contributed by atoms with Crippen molar-refractivity contribution in [1.29, 1.82) is 0 Å². The number of nitrogens with zero attached hydrogens (tertiary/aromatic N) is 2. The molecule has 2 aliphatic rings. The van der Waals surface area contributed by atoms with E-state index in [0.29, 0.717) is 45.3 Å². The third-order valence-corrected chi connectivity index (χ3v) is 12.4. The molecule has 0 aliphatic carbocycles. The first kappa shape index (κ1) is 45.4. The van der Waals surface area contributed by atoms with Crippen molar-refractivity contribution in [3.05, 3.63) is 108 Å². The largest absolute Gasteiger partial charge is 0.346 e. The quantitative estimate of drug-likeness (QED) is 0.106. The summed E-state index contributed by atoms with van der Waals surface area (Å²) >= 11 is 0. The van der Waals surface area contributed by atoms with E-state index in [-0.39, 0.29) is 59.4 Å². The number of amides is 3. The van der Waals surface area contributed by atoms with Gasteiger partial charge in [0.05, 0.1) is 12.1 Å². The van der Waals surface area contributed by atoms with Gasteiger partial charge in [-0.1, -0.05) is 118 Å². The molecule has 0 radical (unpaired) electrons. The van der Waals surface area contributed by atoms with E-state index in [2.05, 4.69) is 17.4 Å². The topological polar surface area (TPSA) is 156 Å². The molecule has 318 valence electrons. The van der Waals surface area contributed by atoms with Crippen molar-refractivity contribution >= 4 is 29.3 Å². The Morgan fingerprint density at radius 1 is 0.661 bits per heavy atom. The highest BCUT2D eigenvalue weighted by Crippen LogP contribution is 2.41. The molecule has 5 atom stereocenters. The maximum atomic E-state index is 14.3. The summed E-state index contributed by atoms with van der Waals surface area (Å²) in [5, 5.41) is 3.06. The molecule has 10 nitrogen and oxygen atoms in total. The van der Waals surface area contributed by atoms with Crippen LogP contribution in [0.15, 0.2) is 91.0 Å². The van der Waals surface area contributed by atoms with Crippen molar-refractivity contribution in [2.45, 2.75) is 103 Å². The number of carbonyl (C=O) groups is 5. The van der Waals surface area contributed by atoms with Crippen LogP contribution in [0.4, 0.5) is 0 Å². The Morgan fingerprint density at radius 2 is 1.19 bits per heavy atom. The van der Waals surface area contributed by atoms with Gasteiger partial charge in [-0.15, -0.1) is 0 Å². The highest BCUT2D eigenvalue weighted by molar-refractivity contribution is 5.95. The average Bonchev–Trinajstić information content (AvgIpc) is 3.22. The second-order valence-electron chi connectivity index (χ2n) is 17.8. The number of carbonyl (C=O) groups excluding carboxylic acids is 5. The average molecular weight is 806 g/mol. The smallest absolute Gasteiger partial charge is 0.226 e. The molecule has 1 spiro atoms. The van der Waals surface area contributed by atoms with E-state index in [1.165, 1.54) is 0 Å². The van der Waals surface area contributed by atoms with E-state index in [4.69, 9.17) is 11.5 Å². The first-order valence-corrected chi connectivity index (χ1v) is 21.9. The number of hydrogen-bond acceptors (Lipinski definition) is 7. The normalized spacial score (nSPS) is 17.4. The maximum absolute atomic E-state index is 14.3. The van der Waals surface area contributed by atoms with Crippen LogP contribution in [0.5, 0.6) is 0 Å².